The van der Waals surface area contributed by atoms with Crippen molar-refractivity contribution < 1.29 is 19.4 Å². The van der Waals surface area contributed by atoms with Gasteiger partial charge in [0.1, 0.15) is 18.4 Å². The number of halogens is 1. The average Bonchev–Trinajstić information content (AvgIpc) is 2.83. The Morgan fingerprint density at radius 3 is 2.27 bits per heavy atom. The van der Waals surface area contributed by atoms with Gasteiger partial charge in [0, 0.05) is 17.0 Å². The normalized spacial score (nSPS) is 11.7. The average molecular weight is 460 g/mol. The van der Waals surface area contributed by atoms with E-state index >= 15 is 0 Å². The number of benzene rings is 4. The molecule has 4 rings (SSSR count). The Hall–Kier alpha value is -3.83. The van der Waals surface area contributed by atoms with Crippen molar-refractivity contribution in [1.29, 1.82) is 0 Å². The highest BCUT2D eigenvalue weighted by Crippen LogP contribution is 2.23. The highest BCUT2D eigenvalue weighted by atomic mass is 35.5. The zero-order valence-corrected chi connectivity index (χ0v) is 18.5. The summed E-state index contributed by atoms with van der Waals surface area (Å²) >= 11 is 5.88. The van der Waals surface area contributed by atoms with Crippen LogP contribution in [0.4, 0.5) is 0 Å². The van der Waals surface area contributed by atoms with Gasteiger partial charge in [-0.25, -0.2) is 4.79 Å². The maximum atomic E-state index is 12.8. The van der Waals surface area contributed by atoms with Gasteiger partial charge in [0.25, 0.3) is 5.91 Å². The van der Waals surface area contributed by atoms with Crippen LogP contribution < -0.4 is 10.1 Å². The third kappa shape index (κ3) is 5.90. The van der Waals surface area contributed by atoms with E-state index in [0.29, 0.717) is 17.2 Å². The molecule has 0 heterocycles. The van der Waals surface area contributed by atoms with Gasteiger partial charge in [-0.05, 0) is 58.3 Å². The van der Waals surface area contributed by atoms with E-state index in [2.05, 4.69) is 5.32 Å². The minimum atomic E-state index is -1.10. The number of fused-ring (bicyclic) bond motifs is 1. The van der Waals surface area contributed by atoms with Crippen LogP contribution in [-0.2, 0) is 17.8 Å². The fourth-order valence-corrected chi connectivity index (χ4v) is 3.62. The molecule has 1 atom stereocenters. The first-order valence-corrected chi connectivity index (χ1v) is 10.8. The maximum absolute atomic E-state index is 12.8. The van der Waals surface area contributed by atoms with Crippen molar-refractivity contribution in [3.63, 3.8) is 0 Å². The lowest BCUT2D eigenvalue weighted by Crippen LogP contribution is -2.42. The van der Waals surface area contributed by atoms with Crippen molar-refractivity contribution in [3.8, 4) is 5.75 Å². The number of amides is 1. The van der Waals surface area contributed by atoms with E-state index in [1.54, 1.807) is 36.4 Å². The predicted molar refractivity (Wildman–Crippen MR) is 129 cm³/mol. The lowest BCUT2D eigenvalue weighted by molar-refractivity contribution is -0.139. The van der Waals surface area contributed by atoms with Crippen LogP contribution in [0.3, 0.4) is 0 Å². The van der Waals surface area contributed by atoms with Gasteiger partial charge < -0.3 is 15.2 Å². The first-order valence-electron chi connectivity index (χ1n) is 10.5. The van der Waals surface area contributed by atoms with Crippen LogP contribution in [-0.4, -0.2) is 23.0 Å². The molecule has 4 aromatic rings. The van der Waals surface area contributed by atoms with Gasteiger partial charge in [-0.15, -0.1) is 0 Å². The van der Waals surface area contributed by atoms with E-state index in [-0.39, 0.29) is 6.42 Å². The zero-order chi connectivity index (χ0) is 23.2. The second-order valence-corrected chi connectivity index (χ2v) is 8.13. The summed E-state index contributed by atoms with van der Waals surface area (Å²) in [6.07, 6.45) is 0.161. The molecule has 4 aromatic carbocycles. The number of hydrogen-bond donors (Lipinski definition) is 2. The molecule has 0 fully saturated rings. The third-order valence-electron chi connectivity index (χ3n) is 5.28. The van der Waals surface area contributed by atoms with E-state index in [0.717, 1.165) is 27.6 Å². The van der Waals surface area contributed by atoms with Crippen LogP contribution in [0.25, 0.3) is 10.8 Å². The minimum Gasteiger partial charge on any atom is -0.489 e. The Labute approximate surface area is 196 Å². The lowest BCUT2D eigenvalue weighted by atomic mass is 10.0. The van der Waals surface area contributed by atoms with E-state index in [9.17, 15) is 14.7 Å². The monoisotopic (exact) mass is 459 g/mol. The smallest absolute Gasteiger partial charge is 0.326 e. The summed E-state index contributed by atoms with van der Waals surface area (Å²) in [7, 11) is 0. The lowest BCUT2D eigenvalue weighted by Gasteiger charge is -2.15. The van der Waals surface area contributed by atoms with Crippen molar-refractivity contribution in [2.45, 2.75) is 19.1 Å². The molecule has 0 aliphatic heterocycles. The van der Waals surface area contributed by atoms with Crippen LogP contribution in [0.1, 0.15) is 21.5 Å². The molecule has 2 N–H and O–H groups in total. The standard InChI is InChI=1S/C27H22ClNO4/c28-23-11-6-18(7-12-23)14-25(27(31)32)29-26(30)22-9-8-21-16-24(13-10-20(21)15-22)33-17-19-4-2-1-3-5-19/h1-13,15-16,25H,14,17H2,(H,29,30)(H,31,32)/t25-/m0/s1. The molecule has 0 bridgehead atoms. The summed E-state index contributed by atoms with van der Waals surface area (Å²) in [6, 6.07) is 26.6. The molecule has 0 aromatic heterocycles. The molecule has 0 saturated carbocycles. The molecule has 33 heavy (non-hydrogen) atoms. The van der Waals surface area contributed by atoms with Crippen LogP contribution in [0.5, 0.6) is 5.75 Å². The van der Waals surface area contributed by atoms with Gasteiger partial charge in [-0.3, -0.25) is 4.79 Å². The molecule has 0 radical (unpaired) electrons. The molecule has 0 aliphatic carbocycles. The second-order valence-electron chi connectivity index (χ2n) is 7.69. The molecule has 0 saturated heterocycles. The molecule has 0 aliphatic rings. The van der Waals surface area contributed by atoms with Crippen molar-refractivity contribution >= 4 is 34.2 Å². The summed E-state index contributed by atoms with van der Waals surface area (Å²) in [6.45, 7) is 0.469. The van der Waals surface area contributed by atoms with E-state index in [4.69, 9.17) is 16.3 Å². The number of ether oxygens (including phenoxy) is 1. The van der Waals surface area contributed by atoms with Gasteiger partial charge in [-0.1, -0.05) is 66.2 Å². The zero-order valence-electron chi connectivity index (χ0n) is 17.7. The third-order valence-corrected chi connectivity index (χ3v) is 5.53. The van der Waals surface area contributed by atoms with E-state index in [1.807, 2.05) is 54.6 Å². The summed E-state index contributed by atoms with van der Waals surface area (Å²) in [5.41, 5.74) is 2.24. The molecular formula is C27H22ClNO4. The Morgan fingerprint density at radius 1 is 0.848 bits per heavy atom. The number of carboxylic acid groups (broad SMARTS) is 1. The van der Waals surface area contributed by atoms with Crippen LogP contribution in [0.2, 0.25) is 5.02 Å². The number of carbonyl (C=O) groups excluding carboxylic acids is 1. The molecule has 6 heteroatoms. The van der Waals surface area contributed by atoms with E-state index in [1.165, 1.54) is 0 Å². The highest BCUT2D eigenvalue weighted by molar-refractivity contribution is 6.30. The summed E-state index contributed by atoms with van der Waals surface area (Å²) in [4.78, 5) is 24.5. The molecule has 5 nitrogen and oxygen atoms in total. The first kappa shape index (κ1) is 22.4. The first-order chi connectivity index (χ1) is 16.0. The van der Waals surface area contributed by atoms with Crippen LogP contribution in [0, 0.1) is 0 Å². The summed E-state index contributed by atoms with van der Waals surface area (Å²) < 4.78 is 5.87. The molecule has 0 unspecified atom stereocenters. The van der Waals surface area contributed by atoms with Crippen molar-refractivity contribution in [2.24, 2.45) is 0 Å². The highest BCUT2D eigenvalue weighted by Gasteiger charge is 2.21. The number of carboxylic acids is 1. The number of carbonyl (C=O) groups is 2. The van der Waals surface area contributed by atoms with Crippen LogP contribution in [0.15, 0.2) is 91.0 Å². The number of hydrogen-bond acceptors (Lipinski definition) is 3. The molecular weight excluding hydrogens is 438 g/mol. The molecule has 0 spiro atoms. The molecule has 166 valence electrons. The fourth-order valence-electron chi connectivity index (χ4n) is 3.49. The number of rotatable bonds is 8. The van der Waals surface area contributed by atoms with Crippen molar-refractivity contribution in [3.05, 3.63) is 113 Å². The SMILES string of the molecule is O=C(N[C@@H](Cc1ccc(Cl)cc1)C(=O)O)c1ccc2cc(OCc3ccccc3)ccc2c1. The quantitative estimate of drug-likeness (QED) is 0.365. The predicted octanol–water partition coefficient (Wildman–Crippen LogP) is 5.50. The number of nitrogens with one attached hydrogen (secondary N) is 1. The Balaban J connectivity index is 1.44. The Bertz CT molecular complexity index is 1270. The fraction of sp³-hybridized carbons (Fsp3) is 0.111. The summed E-state index contributed by atoms with van der Waals surface area (Å²) in [5, 5.41) is 14.5. The number of aliphatic carboxylic acids is 1. The Morgan fingerprint density at radius 2 is 1.55 bits per heavy atom. The van der Waals surface area contributed by atoms with Crippen LogP contribution >= 0.6 is 11.6 Å². The van der Waals surface area contributed by atoms with Crippen molar-refractivity contribution in [1.82, 2.24) is 5.32 Å². The van der Waals surface area contributed by atoms with E-state index < -0.39 is 17.9 Å². The van der Waals surface area contributed by atoms with Gasteiger partial charge in [0.15, 0.2) is 0 Å². The second kappa shape index (κ2) is 10.2. The minimum absolute atomic E-state index is 0.161. The maximum Gasteiger partial charge on any atom is 0.326 e. The topological polar surface area (TPSA) is 75.6 Å². The largest absolute Gasteiger partial charge is 0.489 e. The van der Waals surface area contributed by atoms with Gasteiger partial charge in [-0.2, -0.15) is 0 Å². The van der Waals surface area contributed by atoms with Gasteiger partial charge >= 0.3 is 5.97 Å². The van der Waals surface area contributed by atoms with Gasteiger partial charge in [0.05, 0.1) is 0 Å². The van der Waals surface area contributed by atoms with Gasteiger partial charge in [0.2, 0.25) is 0 Å². The molecule has 1 amide bonds. The van der Waals surface area contributed by atoms with Crippen molar-refractivity contribution in [2.75, 3.05) is 0 Å². The Kier molecular flexibility index (Phi) is 6.91. The summed E-state index contributed by atoms with van der Waals surface area (Å²) in [5.74, 6) is -0.806.